The third-order valence-electron chi connectivity index (χ3n) is 3.81. The molecule has 7 heteroatoms. The zero-order valence-electron chi connectivity index (χ0n) is 13.2. The second-order valence-corrected chi connectivity index (χ2v) is 6.45. The fourth-order valence-corrected chi connectivity index (χ4v) is 3.34. The second kappa shape index (κ2) is 5.27. The van der Waals surface area contributed by atoms with Crippen LogP contribution in [0.3, 0.4) is 0 Å². The highest BCUT2D eigenvalue weighted by Gasteiger charge is 2.17. The molecular formula is C16H16N6S. The van der Waals surface area contributed by atoms with E-state index >= 15 is 0 Å². The molecule has 3 heterocycles. The lowest BCUT2D eigenvalue weighted by Crippen LogP contribution is -1.98. The lowest BCUT2D eigenvalue weighted by Gasteiger charge is -1.98. The van der Waals surface area contributed by atoms with Crippen LogP contribution in [-0.4, -0.2) is 29.6 Å². The van der Waals surface area contributed by atoms with Crippen molar-refractivity contribution in [3.63, 3.8) is 0 Å². The summed E-state index contributed by atoms with van der Waals surface area (Å²) in [4.78, 5) is 0.787. The lowest BCUT2D eigenvalue weighted by molar-refractivity contribution is 0.744. The van der Waals surface area contributed by atoms with E-state index in [1.165, 1.54) is 16.9 Å². The van der Waals surface area contributed by atoms with Gasteiger partial charge in [0.1, 0.15) is 10.7 Å². The molecule has 0 radical (unpaired) electrons. The molecule has 1 aromatic carbocycles. The summed E-state index contributed by atoms with van der Waals surface area (Å²) >= 11 is 1.54. The fraction of sp³-hybridized carbons (Fsp3) is 0.250. The minimum atomic E-state index is 0.726. The van der Waals surface area contributed by atoms with E-state index in [-0.39, 0.29) is 0 Å². The highest BCUT2D eigenvalue weighted by Crippen LogP contribution is 2.28. The van der Waals surface area contributed by atoms with Crippen molar-refractivity contribution in [3.8, 4) is 22.1 Å². The average Bonchev–Trinajstić information content (AvgIpc) is 3.21. The van der Waals surface area contributed by atoms with E-state index in [0.29, 0.717) is 0 Å². The summed E-state index contributed by atoms with van der Waals surface area (Å²) in [6.45, 7) is 4.16. The third-order valence-corrected chi connectivity index (χ3v) is 4.76. The molecule has 0 saturated heterocycles. The predicted molar refractivity (Wildman–Crippen MR) is 90.4 cm³/mol. The van der Waals surface area contributed by atoms with Gasteiger partial charge >= 0.3 is 0 Å². The Labute approximate surface area is 137 Å². The monoisotopic (exact) mass is 324 g/mol. The summed E-state index contributed by atoms with van der Waals surface area (Å²) in [6.07, 6.45) is 0.890. The Kier molecular flexibility index (Phi) is 3.23. The number of benzene rings is 1. The van der Waals surface area contributed by atoms with Crippen LogP contribution in [0.4, 0.5) is 0 Å². The van der Waals surface area contributed by atoms with Crippen molar-refractivity contribution in [2.24, 2.45) is 7.05 Å². The minimum absolute atomic E-state index is 0.726. The molecule has 0 saturated carbocycles. The largest absolute Gasteiger partial charge is 0.264 e. The molecule has 0 aliphatic carbocycles. The molecule has 0 fully saturated rings. The van der Waals surface area contributed by atoms with Crippen LogP contribution < -0.4 is 0 Å². The zero-order valence-corrected chi connectivity index (χ0v) is 14.0. The molecule has 0 amide bonds. The summed E-state index contributed by atoms with van der Waals surface area (Å²) in [6, 6.07) is 10.4. The van der Waals surface area contributed by atoms with Gasteiger partial charge < -0.3 is 0 Å². The molecule has 0 aliphatic rings. The molecule has 0 bridgehead atoms. The van der Waals surface area contributed by atoms with E-state index in [9.17, 15) is 0 Å². The smallest absolute Gasteiger partial charge is 0.235 e. The van der Waals surface area contributed by atoms with Gasteiger partial charge in [0.25, 0.3) is 0 Å². The van der Waals surface area contributed by atoms with E-state index in [1.54, 1.807) is 4.52 Å². The molecule has 4 rings (SSSR count). The summed E-state index contributed by atoms with van der Waals surface area (Å²) in [5.41, 5.74) is 4.29. The maximum Gasteiger partial charge on any atom is 0.235 e. The molecule has 0 atom stereocenters. The van der Waals surface area contributed by atoms with Gasteiger partial charge in [-0.2, -0.15) is 14.7 Å². The number of aromatic nitrogens is 6. The van der Waals surface area contributed by atoms with Crippen LogP contribution >= 0.6 is 11.3 Å². The second-order valence-electron chi connectivity index (χ2n) is 5.49. The van der Waals surface area contributed by atoms with Crippen molar-refractivity contribution in [2.75, 3.05) is 0 Å². The zero-order chi connectivity index (χ0) is 16.0. The molecule has 0 N–H and O–H groups in total. The Morgan fingerprint density at radius 1 is 1.09 bits per heavy atom. The Bertz CT molecular complexity index is 976. The first-order chi connectivity index (χ1) is 11.2. The highest BCUT2D eigenvalue weighted by molar-refractivity contribution is 7.19. The number of hydrogen-bond donors (Lipinski definition) is 0. The Morgan fingerprint density at radius 3 is 2.57 bits per heavy atom. The van der Waals surface area contributed by atoms with Crippen LogP contribution in [0.5, 0.6) is 0 Å². The van der Waals surface area contributed by atoms with Crippen LogP contribution in [-0.2, 0) is 13.5 Å². The maximum atomic E-state index is 4.69. The molecule has 3 aromatic heterocycles. The molecule has 116 valence electrons. The van der Waals surface area contributed by atoms with E-state index in [1.807, 2.05) is 17.8 Å². The van der Waals surface area contributed by atoms with Crippen molar-refractivity contribution < 1.29 is 0 Å². The Morgan fingerprint density at radius 2 is 1.87 bits per heavy atom. The number of rotatable bonds is 3. The number of hydrogen-bond acceptors (Lipinski definition) is 5. The summed E-state index contributed by atoms with van der Waals surface area (Å²) in [7, 11) is 1.92. The quantitative estimate of drug-likeness (QED) is 0.581. The van der Waals surface area contributed by atoms with Crippen molar-refractivity contribution in [3.05, 3.63) is 41.6 Å². The minimum Gasteiger partial charge on any atom is -0.264 e. The topological polar surface area (TPSA) is 60.9 Å². The SMILES string of the molecule is CCc1cc(-c2nnc3sc(-c4ccc(C)cc4)nn23)n(C)n1. The van der Waals surface area contributed by atoms with Crippen LogP contribution in [0.1, 0.15) is 18.2 Å². The van der Waals surface area contributed by atoms with E-state index < -0.39 is 0 Å². The predicted octanol–water partition coefficient (Wildman–Crippen LogP) is 3.12. The summed E-state index contributed by atoms with van der Waals surface area (Å²) < 4.78 is 3.64. The highest BCUT2D eigenvalue weighted by atomic mass is 32.1. The first kappa shape index (κ1) is 14.1. The number of fused-ring (bicyclic) bond motifs is 1. The molecule has 6 nitrogen and oxygen atoms in total. The number of aryl methyl sites for hydroxylation is 3. The van der Waals surface area contributed by atoms with Crippen LogP contribution in [0, 0.1) is 6.92 Å². The molecule has 4 aromatic rings. The van der Waals surface area contributed by atoms with E-state index in [4.69, 9.17) is 5.10 Å². The van der Waals surface area contributed by atoms with Gasteiger partial charge in [0, 0.05) is 12.6 Å². The summed E-state index contributed by atoms with van der Waals surface area (Å²) in [5, 5.41) is 18.7. The van der Waals surface area contributed by atoms with Crippen LogP contribution in [0.2, 0.25) is 0 Å². The van der Waals surface area contributed by atoms with Crippen LogP contribution in [0.25, 0.3) is 27.1 Å². The van der Waals surface area contributed by atoms with Crippen molar-refractivity contribution >= 4 is 16.3 Å². The maximum absolute atomic E-state index is 4.69. The van der Waals surface area contributed by atoms with Crippen LogP contribution in [0.15, 0.2) is 30.3 Å². The molecule has 0 unspecified atom stereocenters. The standard InChI is InChI=1S/C16H16N6S/c1-4-12-9-13(21(3)19-12)14-17-18-16-22(14)20-15(23-16)11-7-5-10(2)6-8-11/h5-9H,4H2,1-3H3. The van der Waals surface area contributed by atoms with Gasteiger partial charge in [-0.15, -0.1) is 10.2 Å². The molecule has 23 heavy (non-hydrogen) atoms. The molecule has 0 aliphatic heterocycles. The summed E-state index contributed by atoms with van der Waals surface area (Å²) in [5.74, 6) is 0.726. The van der Waals surface area contributed by atoms with Crippen molar-refractivity contribution in [1.29, 1.82) is 0 Å². The van der Waals surface area contributed by atoms with E-state index in [2.05, 4.69) is 53.4 Å². The first-order valence-corrected chi connectivity index (χ1v) is 8.30. The van der Waals surface area contributed by atoms with Crippen molar-refractivity contribution in [2.45, 2.75) is 20.3 Å². The Hall–Kier alpha value is -2.54. The molecule has 0 spiro atoms. The van der Waals surface area contributed by atoms with E-state index in [0.717, 1.165) is 39.2 Å². The van der Waals surface area contributed by atoms with Gasteiger partial charge in [-0.05, 0) is 19.4 Å². The normalized spacial score (nSPS) is 11.4. The average molecular weight is 324 g/mol. The Balaban J connectivity index is 1.83. The van der Waals surface area contributed by atoms with Crippen molar-refractivity contribution in [1.82, 2.24) is 29.6 Å². The first-order valence-electron chi connectivity index (χ1n) is 7.48. The van der Waals surface area contributed by atoms with Gasteiger partial charge in [0.2, 0.25) is 10.8 Å². The lowest BCUT2D eigenvalue weighted by atomic mass is 10.2. The van der Waals surface area contributed by atoms with Gasteiger partial charge in [-0.25, -0.2) is 0 Å². The van der Waals surface area contributed by atoms with Gasteiger partial charge in [-0.3, -0.25) is 4.68 Å². The van der Waals surface area contributed by atoms with Gasteiger partial charge in [-0.1, -0.05) is 48.1 Å². The van der Waals surface area contributed by atoms with Gasteiger partial charge in [0.15, 0.2) is 0 Å². The third kappa shape index (κ3) is 2.33. The fourth-order valence-electron chi connectivity index (χ4n) is 2.50. The van der Waals surface area contributed by atoms with Gasteiger partial charge in [0.05, 0.1) is 5.69 Å². The number of nitrogens with zero attached hydrogens (tertiary/aromatic N) is 6. The molecular weight excluding hydrogens is 308 g/mol.